The molecule has 1 saturated heterocycles. The monoisotopic (exact) mass is 399 g/mol. The van der Waals surface area contributed by atoms with Crippen LogP contribution in [0.15, 0.2) is 12.4 Å². The maximum Gasteiger partial charge on any atom is 0.224 e. The molecule has 4 rings (SSSR count). The number of fused-ring (bicyclic) bond motifs is 1. The van der Waals surface area contributed by atoms with Crippen LogP contribution >= 0.6 is 0 Å². The molecular formula is C22H33N5O2. The van der Waals surface area contributed by atoms with Crippen LogP contribution in [0, 0.1) is 0 Å². The first-order chi connectivity index (χ1) is 13.9. The van der Waals surface area contributed by atoms with Crippen molar-refractivity contribution < 1.29 is 9.84 Å². The first-order valence-corrected chi connectivity index (χ1v) is 10.9. The van der Waals surface area contributed by atoms with Crippen molar-refractivity contribution in [2.45, 2.75) is 83.0 Å². The van der Waals surface area contributed by atoms with Crippen LogP contribution in [0.25, 0.3) is 10.9 Å². The van der Waals surface area contributed by atoms with Crippen LogP contribution in [0.4, 0.5) is 5.95 Å². The lowest BCUT2D eigenvalue weighted by Crippen LogP contribution is -2.34. The van der Waals surface area contributed by atoms with E-state index >= 15 is 0 Å². The summed E-state index contributed by atoms with van der Waals surface area (Å²) in [6.07, 6.45) is 9.32. The van der Waals surface area contributed by atoms with Crippen molar-refractivity contribution in [3.63, 3.8) is 0 Å². The molecule has 3 heterocycles. The fourth-order valence-corrected chi connectivity index (χ4v) is 4.26. The summed E-state index contributed by atoms with van der Waals surface area (Å²) >= 11 is 0. The number of ether oxygens (including phenoxy) is 1. The lowest BCUT2D eigenvalue weighted by atomic mass is 9.83. The highest BCUT2D eigenvalue weighted by molar-refractivity contribution is 5.86. The van der Waals surface area contributed by atoms with Gasteiger partial charge in [0, 0.05) is 23.5 Å². The highest BCUT2D eigenvalue weighted by Crippen LogP contribution is 2.38. The van der Waals surface area contributed by atoms with Crippen molar-refractivity contribution in [2.24, 2.45) is 0 Å². The van der Waals surface area contributed by atoms with E-state index < -0.39 is 0 Å². The van der Waals surface area contributed by atoms with Crippen molar-refractivity contribution in [3.8, 4) is 5.88 Å². The zero-order chi connectivity index (χ0) is 20.4. The third-order valence-corrected chi connectivity index (χ3v) is 5.80. The number of piperidine rings is 1. The van der Waals surface area contributed by atoms with E-state index in [1.807, 2.05) is 12.4 Å². The van der Waals surface area contributed by atoms with Gasteiger partial charge in [-0.1, -0.05) is 0 Å². The molecule has 7 nitrogen and oxygen atoms in total. The molecule has 158 valence electrons. The molecule has 0 aromatic carbocycles. The molecule has 0 radical (unpaired) electrons. The van der Waals surface area contributed by atoms with Crippen LogP contribution in [-0.2, 0) is 0 Å². The standard InChI is InChI=1S/C22H33N5O2/c1-22(2,3)27-21-25-13-18-19(26-21)17(14-4-6-15(28)7-5-14)12-24-20(18)29-16-8-10-23-11-9-16/h12-16,23,28H,4-11H2,1-3H3,(H,25,26,27)/t14-,15-. The molecule has 0 amide bonds. The molecule has 2 fully saturated rings. The summed E-state index contributed by atoms with van der Waals surface area (Å²) < 4.78 is 6.28. The quantitative estimate of drug-likeness (QED) is 0.726. The minimum Gasteiger partial charge on any atom is -0.474 e. The summed E-state index contributed by atoms with van der Waals surface area (Å²) in [4.78, 5) is 14.1. The molecule has 1 aliphatic heterocycles. The molecule has 0 bridgehead atoms. The van der Waals surface area contributed by atoms with E-state index in [-0.39, 0.29) is 17.7 Å². The van der Waals surface area contributed by atoms with Gasteiger partial charge in [0.25, 0.3) is 0 Å². The molecular weight excluding hydrogens is 366 g/mol. The Bertz CT molecular complexity index is 837. The number of anilines is 1. The fourth-order valence-electron chi connectivity index (χ4n) is 4.26. The Balaban J connectivity index is 1.71. The number of pyridine rings is 1. The molecule has 1 aliphatic carbocycles. The van der Waals surface area contributed by atoms with Gasteiger partial charge in [-0.05, 0) is 78.3 Å². The van der Waals surface area contributed by atoms with Crippen molar-refractivity contribution >= 4 is 16.9 Å². The number of rotatable bonds is 4. The summed E-state index contributed by atoms with van der Waals surface area (Å²) in [5.41, 5.74) is 1.94. The van der Waals surface area contributed by atoms with Crippen LogP contribution in [0.5, 0.6) is 5.88 Å². The molecule has 3 N–H and O–H groups in total. The first-order valence-electron chi connectivity index (χ1n) is 10.9. The highest BCUT2D eigenvalue weighted by Gasteiger charge is 2.26. The van der Waals surface area contributed by atoms with Crippen molar-refractivity contribution in [1.82, 2.24) is 20.3 Å². The van der Waals surface area contributed by atoms with E-state index in [1.54, 1.807) is 0 Å². The van der Waals surface area contributed by atoms with E-state index in [1.165, 1.54) is 0 Å². The van der Waals surface area contributed by atoms with Crippen LogP contribution < -0.4 is 15.4 Å². The topological polar surface area (TPSA) is 92.2 Å². The smallest absolute Gasteiger partial charge is 0.224 e. The Labute approximate surface area is 172 Å². The first kappa shape index (κ1) is 20.3. The Morgan fingerprint density at radius 3 is 2.45 bits per heavy atom. The maximum absolute atomic E-state index is 9.91. The van der Waals surface area contributed by atoms with E-state index in [0.717, 1.165) is 68.1 Å². The maximum atomic E-state index is 9.91. The Kier molecular flexibility index (Phi) is 5.88. The second-order valence-electron chi connectivity index (χ2n) is 9.42. The molecule has 1 saturated carbocycles. The van der Waals surface area contributed by atoms with E-state index in [9.17, 15) is 5.11 Å². The SMILES string of the molecule is CC(C)(C)Nc1ncc2c(OC3CCNCC3)ncc([C@H]3CC[C@H](O)CC3)c2n1. The molecule has 0 atom stereocenters. The van der Waals surface area contributed by atoms with Gasteiger partial charge < -0.3 is 20.5 Å². The Morgan fingerprint density at radius 1 is 1.03 bits per heavy atom. The molecule has 0 spiro atoms. The van der Waals surface area contributed by atoms with Gasteiger partial charge in [-0.25, -0.2) is 15.0 Å². The van der Waals surface area contributed by atoms with Gasteiger partial charge in [-0.15, -0.1) is 0 Å². The lowest BCUT2D eigenvalue weighted by molar-refractivity contribution is 0.122. The molecule has 2 aliphatic rings. The number of nitrogens with zero attached hydrogens (tertiary/aromatic N) is 3. The molecule has 2 aromatic rings. The van der Waals surface area contributed by atoms with Gasteiger partial charge in [0.15, 0.2) is 0 Å². The Hall–Kier alpha value is -1.99. The summed E-state index contributed by atoms with van der Waals surface area (Å²) in [6, 6.07) is 0. The van der Waals surface area contributed by atoms with Gasteiger partial charge >= 0.3 is 0 Å². The predicted molar refractivity (Wildman–Crippen MR) is 114 cm³/mol. The van der Waals surface area contributed by atoms with E-state index in [4.69, 9.17) is 14.7 Å². The number of hydrogen-bond donors (Lipinski definition) is 3. The van der Waals surface area contributed by atoms with Gasteiger partial charge in [0.05, 0.1) is 17.0 Å². The van der Waals surface area contributed by atoms with Gasteiger partial charge in [-0.3, -0.25) is 0 Å². The summed E-state index contributed by atoms with van der Waals surface area (Å²) in [7, 11) is 0. The molecule has 0 unspecified atom stereocenters. The normalized spacial score (nSPS) is 23.9. The second-order valence-corrected chi connectivity index (χ2v) is 9.42. The molecule has 7 heteroatoms. The van der Waals surface area contributed by atoms with Crippen molar-refractivity contribution in [1.29, 1.82) is 0 Å². The average molecular weight is 400 g/mol. The van der Waals surface area contributed by atoms with Crippen molar-refractivity contribution in [2.75, 3.05) is 18.4 Å². The zero-order valence-electron chi connectivity index (χ0n) is 17.7. The lowest BCUT2D eigenvalue weighted by Gasteiger charge is -2.27. The zero-order valence-corrected chi connectivity index (χ0v) is 17.7. The largest absolute Gasteiger partial charge is 0.474 e. The number of nitrogens with one attached hydrogen (secondary N) is 2. The third kappa shape index (κ3) is 4.95. The van der Waals surface area contributed by atoms with Crippen LogP contribution in [0.1, 0.15) is 70.8 Å². The number of hydrogen-bond acceptors (Lipinski definition) is 7. The van der Waals surface area contributed by atoms with Gasteiger partial charge in [0.1, 0.15) is 6.10 Å². The number of aromatic nitrogens is 3. The van der Waals surface area contributed by atoms with E-state index in [0.29, 0.717) is 17.7 Å². The van der Waals surface area contributed by atoms with Gasteiger partial charge in [-0.2, -0.15) is 0 Å². The second kappa shape index (κ2) is 8.40. The Morgan fingerprint density at radius 2 is 1.76 bits per heavy atom. The summed E-state index contributed by atoms with van der Waals surface area (Å²) in [5, 5.41) is 17.5. The molecule has 29 heavy (non-hydrogen) atoms. The number of aliphatic hydroxyl groups excluding tert-OH is 1. The van der Waals surface area contributed by atoms with Crippen LogP contribution in [-0.4, -0.2) is 50.9 Å². The van der Waals surface area contributed by atoms with Gasteiger partial charge in [0.2, 0.25) is 11.8 Å². The van der Waals surface area contributed by atoms with Crippen LogP contribution in [0.3, 0.4) is 0 Å². The summed E-state index contributed by atoms with van der Waals surface area (Å²) in [5.74, 6) is 1.62. The fraction of sp³-hybridized carbons (Fsp3) is 0.682. The minimum atomic E-state index is -0.180. The predicted octanol–water partition coefficient (Wildman–Crippen LogP) is 3.38. The van der Waals surface area contributed by atoms with Crippen LogP contribution in [0.2, 0.25) is 0 Å². The van der Waals surface area contributed by atoms with Crippen molar-refractivity contribution in [3.05, 3.63) is 18.0 Å². The number of aliphatic hydroxyl groups is 1. The summed E-state index contributed by atoms with van der Waals surface area (Å²) in [6.45, 7) is 8.25. The molecule has 2 aromatic heterocycles. The van der Waals surface area contributed by atoms with E-state index in [2.05, 4.69) is 36.4 Å². The highest BCUT2D eigenvalue weighted by atomic mass is 16.5. The average Bonchev–Trinajstić information content (AvgIpc) is 2.68. The third-order valence-electron chi connectivity index (χ3n) is 5.80. The minimum absolute atomic E-state index is 0.121.